The van der Waals surface area contributed by atoms with Gasteiger partial charge in [-0.15, -0.1) is 0 Å². The molecule has 0 fully saturated rings. The van der Waals surface area contributed by atoms with Crippen LogP contribution in [0.1, 0.15) is 61.2 Å². The molecule has 0 radical (unpaired) electrons. The lowest BCUT2D eigenvalue weighted by Crippen LogP contribution is -2.56. The number of aliphatic imine (C=N–C) groups is 2. The van der Waals surface area contributed by atoms with E-state index in [9.17, 15) is 20.1 Å². The first kappa shape index (κ1) is 51.7. The van der Waals surface area contributed by atoms with Crippen LogP contribution in [0.15, 0.2) is 138 Å². The Kier molecular flexibility index (Phi) is 17.9. The molecule has 1 unspecified atom stereocenters. The number of halogens is 2. The number of carboxylic acids is 1. The molecule has 5 aromatic carbocycles. The number of benzene rings is 5. The van der Waals surface area contributed by atoms with Gasteiger partial charge in [-0.2, -0.15) is 0 Å². The van der Waals surface area contributed by atoms with Crippen LogP contribution in [-0.4, -0.2) is 69.9 Å². The van der Waals surface area contributed by atoms with Gasteiger partial charge in [-0.05, 0) is 77.1 Å². The first-order valence-corrected chi connectivity index (χ1v) is 23.5. The van der Waals surface area contributed by atoms with Crippen molar-refractivity contribution in [3.63, 3.8) is 0 Å². The Morgan fingerprint density at radius 3 is 1.58 bits per heavy atom. The molecule has 0 aliphatic carbocycles. The van der Waals surface area contributed by atoms with Crippen molar-refractivity contribution in [2.75, 3.05) is 20.7 Å². The van der Waals surface area contributed by atoms with Crippen molar-refractivity contribution in [1.29, 1.82) is 0 Å². The maximum Gasteiger partial charge on any atom is 0.326 e. The number of aromatic nitrogens is 2. The van der Waals surface area contributed by atoms with Crippen LogP contribution < -0.4 is 24.3 Å². The highest BCUT2D eigenvalue weighted by Gasteiger charge is 2.38. The Morgan fingerprint density at radius 2 is 1.10 bits per heavy atom. The second kappa shape index (κ2) is 24.6. The van der Waals surface area contributed by atoms with Crippen molar-refractivity contribution in [2.24, 2.45) is 9.98 Å². The average molecular weight is 997 g/mol. The molecule has 0 amide bonds. The van der Waals surface area contributed by atoms with E-state index in [0.29, 0.717) is 39.1 Å². The van der Waals surface area contributed by atoms with Crippen molar-refractivity contribution < 1.29 is 39.1 Å². The normalized spacial score (nSPS) is 12.3. The molecule has 0 bridgehead atoms. The first-order valence-electron chi connectivity index (χ1n) is 22.7. The van der Waals surface area contributed by atoms with E-state index in [1.54, 1.807) is 75.6 Å². The Morgan fingerprint density at radius 1 is 0.606 bits per heavy atom. The molecule has 0 aliphatic rings. The summed E-state index contributed by atoms with van der Waals surface area (Å²) in [6.07, 6.45) is 10.3. The Hall–Kier alpha value is -7.13. The molecule has 0 spiro atoms. The number of nitrogens with one attached hydrogen (secondary N) is 1. The zero-order chi connectivity index (χ0) is 50.3. The summed E-state index contributed by atoms with van der Waals surface area (Å²) in [6.45, 7) is 3.91. The molecular weight excluding hydrogens is 942 g/mol. The first-order chi connectivity index (χ1) is 34.4. The average Bonchev–Trinajstić information content (AvgIpc) is 3.37. The number of hydrogen-bond donors (Lipinski definition) is 4. The Balaban J connectivity index is 1.09. The maximum atomic E-state index is 12.7. The lowest BCUT2D eigenvalue weighted by atomic mass is 9.91. The fourth-order valence-corrected chi connectivity index (χ4v) is 8.50. The largest absolute Gasteiger partial charge is 0.488 e. The van der Waals surface area contributed by atoms with Gasteiger partial charge in [0, 0.05) is 110 Å². The van der Waals surface area contributed by atoms with E-state index in [1.165, 1.54) is 0 Å². The summed E-state index contributed by atoms with van der Waals surface area (Å²) in [4.78, 5) is 29.5. The molecule has 0 saturated carbocycles. The van der Waals surface area contributed by atoms with Crippen LogP contribution in [0.4, 0.5) is 0 Å². The van der Waals surface area contributed by atoms with E-state index in [2.05, 4.69) is 44.3 Å². The molecule has 366 valence electrons. The number of hydrogen-bond acceptors (Lipinski definition) is 12. The molecule has 0 saturated heterocycles. The number of aliphatic carboxylic acids is 1. The van der Waals surface area contributed by atoms with Crippen molar-refractivity contribution in [3.05, 3.63) is 199 Å². The molecular formula is C56H55Cl2N5O8. The summed E-state index contributed by atoms with van der Waals surface area (Å²) >= 11 is 13.6. The number of rotatable bonds is 23. The predicted molar refractivity (Wildman–Crippen MR) is 277 cm³/mol. The number of carbonyl (C=O) groups is 1. The van der Waals surface area contributed by atoms with Crippen molar-refractivity contribution in [1.82, 2.24) is 15.3 Å². The standard InChI is InChI=1S/C56H55Cl2N5O8/c1-36-43(12-8-14-47(36)48-15-9-13-44(37(48)2)34-71-54-21-52(46(30-64)19-50(54)58)69-32-42-17-40(24-60-4)26-62-28-42)33-70-53-20-51(68-31-41-16-39(23-59-3)25-61-27-41)45(18-49(53)57)29-63-56(35-65,55(66)67)22-38-10-6-5-7-11-38/h5-21,23-28,63-65H,22,29-35H2,1-4H3,(H,66,67)/b59-23+,60-24+. The number of aliphatic hydroxyl groups excluding tert-OH is 2. The summed E-state index contributed by atoms with van der Waals surface area (Å²) in [6, 6.07) is 31.8. The summed E-state index contributed by atoms with van der Waals surface area (Å²) in [5, 5.41) is 34.7. The lowest BCUT2D eigenvalue weighted by Gasteiger charge is -2.29. The molecule has 7 aromatic rings. The number of pyridine rings is 2. The Bertz CT molecular complexity index is 3020. The highest BCUT2D eigenvalue weighted by molar-refractivity contribution is 6.32. The lowest BCUT2D eigenvalue weighted by molar-refractivity contribution is -0.146. The minimum atomic E-state index is -1.69. The van der Waals surface area contributed by atoms with Crippen molar-refractivity contribution in [2.45, 2.75) is 65.4 Å². The molecule has 2 heterocycles. The fraction of sp³-hybridized carbons (Fsp3) is 0.232. The van der Waals surface area contributed by atoms with Crippen LogP contribution in [0.2, 0.25) is 10.0 Å². The van der Waals surface area contributed by atoms with Crippen LogP contribution >= 0.6 is 23.2 Å². The van der Waals surface area contributed by atoms with Gasteiger partial charge in [0.1, 0.15) is 55.0 Å². The topological polar surface area (TPSA) is 177 Å². The van der Waals surface area contributed by atoms with Gasteiger partial charge in [0.05, 0.1) is 23.3 Å². The third-order valence-electron chi connectivity index (χ3n) is 12.0. The van der Waals surface area contributed by atoms with E-state index in [4.69, 9.17) is 42.1 Å². The molecule has 0 aliphatic heterocycles. The minimum absolute atomic E-state index is 0.00233. The summed E-state index contributed by atoms with van der Waals surface area (Å²) < 4.78 is 25.3. The molecule has 4 N–H and O–H groups in total. The SMILES string of the molecule is C/N=C/c1cncc(COc2cc(OCc3cccc(-c4cccc(COc5cc(OCc6cncc(/C=N/C)c6)c(CNC(CO)(Cc6ccccc6)C(=O)O)cc5Cl)c4C)c3C)c(Cl)cc2CO)c1. The molecule has 15 heteroatoms. The fourth-order valence-electron chi connectivity index (χ4n) is 8.01. The third-order valence-corrected chi connectivity index (χ3v) is 12.6. The summed E-state index contributed by atoms with van der Waals surface area (Å²) in [7, 11) is 3.38. The van der Waals surface area contributed by atoms with Crippen LogP contribution in [0, 0.1) is 13.8 Å². The minimum Gasteiger partial charge on any atom is -0.488 e. The molecule has 71 heavy (non-hydrogen) atoms. The van der Waals surface area contributed by atoms with Gasteiger partial charge in [0.15, 0.2) is 0 Å². The monoisotopic (exact) mass is 995 g/mol. The van der Waals surface area contributed by atoms with Gasteiger partial charge in [-0.1, -0.05) is 89.9 Å². The van der Waals surface area contributed by atoms with Gasteiger partial charge < -0.3 is 34.3 Å². The zero-order valence-electron chi connectivity index (χ0n) is 39.9. The predicted octanol–water partition coefficient (Wildman–Crippen LogP) is 10.1. The third kappa shape index (κ3) is 13.2. The highest BCUT2D eigenvalue weighted by atomic mass is 35.5. The molecule has 2 aromatic heterocycles. The second-order valence-electron chi connectivity index (χ2n) is 16.9. The van der Waals surface area contributed by atoms with Gasteiger partial charge in [0.25, 0.3) is 0 Å². The van der Waals surface area contributed by atoms with E-state index in [-0.39, 0.29) is 51.0 Å². The second-order valence-corrected chi connectivity index (χ2v) is 17.7. The summed E-state index contributed by atoms with van der Waals surface area (Å²) in [5.74, 6) is 0.421. The zero-order valence-corrected chi connectivity index (χ0v) is 41.4. The molecule has 1 atom stereocenters. The summed E-state index contributed by atoms with van der Waals surface area (Å²) in [5.41, 5.74) is 9.34. The van der Waals surface area contributed by atoms with E-state index in [0.717, 1.165) is 61.2 Å². The van der Waals surface area contributed by atoms with Gasteiger partial charge in [0.2, 0.25) is 0 Å². The van der Waals surface area contributed by atoms with Crippen molar-refractivity contribution in [3.8, 4) is 34.1 Å². The maximum absolute atomic E-state index is 12.7. The van der Waals surface area contributed by atoms with Crippen LogP contribution in [0.3, 0.4) is 0 Å². The number of ether oxygens (including phenoxy) is 4. The van der Waals surface area contributed by atoms with Gasteiger partial charge >= 0.3 is 5.97 Å². The smallest absolute Gasteiger partial charge is 0.326 e. The number of carboxylic acid groups (broad SMARTS) is 1. The van der Waals surface area contributed by atoms with Gasteiger partial charge in [-0.3, -0.25) is 30.1 Å². The van der Waals surface area contributed by atoms with E-state index in [1.807, 2.05) is 73.7 Å². The number of nitrogens with zero attached hydrogens (tertiary/aromatic N) is 4. The molecule has 7 rings (SSSR count). The Labute approximate surface area is 423 Å². The van der Waals surface area contributed by atoms with Crippen LogP contribution in [0.5, 0.6) is 23.0 Å². The highest BCUT2D eigenvalue weighted by Crippen LogP contribution is 2.38. The number of aliphatic hydroxyl groups is 2. The quantitative estimate of drug-likeness (QED) is 0.0449. The van der Waals surface area contributed by atoms with E-state index < -0.39 is 18.1 Å². The van der Waals surface area contributed by atoms with Gasteiger partial charge in [-0.25, -0.2) is 0 Å². The van der Waals surface area contributed by atoms with Crippen molar-refractivity contribution >= 4 is 41.6 Å². The van der Waals surface area contributed by atoms with Crippen LogP contribution in [-0.2, 0) is 50.8 Å². The van der Waals surface area contributed by atoms with E-state index >= 15 is 0 Å². The molecule has 13 nitrogen and oxygen atoms in total. The van der Waals surface area contributed by atoms with Crippen LogP contribution in [0.25, 0.3) is 11.1 Å².